The van der Waals surface area contributed by atoms with Crippen molar-refractivity contribution in [1.82, 2.24) is 0 Å². The number of anilines is 1. The molecule has 112 valence electrons. The van der Waals surface area contributed by atoms with E-state index in [1.807, 2.05) is 0 Å². The first-order chi connectivity index (χ1) is 10.2. The van der Waals surface area contributed by atoms with E-state index in [0.717, 1.165) is 11.4 Å². The first-order valence-electron chi connectivity index (χ1n) is 6.22. The summed E-state index contributed by atoms with van der Waals surface area (Å²) in [6.45, 7) is 0. The van der Waals surface area contributed by atoms with Crippen LogP contribution in [0.4, 0.5) is 5.69 Å². The van der Waals surface area contributed by atoms with Gasteiger partial charge in [-0.15, -0.1) is 0 Å². The van der Waals surface area contributed by atoms with Crippen molar-refractivity contribution >= 4 is 16.7 Å². The highest BCUT2D eigenvalue weighted by Crippen LogP contribution is 2.28. The van der Waals surface area contributed by atoms with E-state index in [2.05, 4.69) is 4.72 Å². The van der Waals surface area contributed by atoms with Gasteiger partial charge >= 0.3 is 0 Å². The molecule has 0 aromatic heterocycles. The van der Waals surface area contributed by atoms with Gasteiger partial charge in [-0.3, -0.25) is 0 Å². The molecular weight excluding hydrogens is 290 g/mol. The van der Waals surface area contributed by atoms with Gasteiger partial charge in [0.05, 0.1) is 21.3 Å². The van der Waals surface area contributed by atoms with Crippen molar-refractivity contribution in [1.29, 1.82) is 0 Å². The molecule has 0 radical (unpaired) electrons. The van der Waals surface area contributed by atoms with Crippen LogP contribution < -0.4 is 18.9 Å². The van der Waals surface area contributed by atoms with E-state index in [9.17, 15) is 4.21 Å². The van der Waals surface area contributed by atoms with Crippen molar-refractivity contribution in [3.8, 4) is 17.2 Å². The lowest BCUT2D eigenvalue weighted by molar-refractivity contribution is 0.387. The summed E-state index contributed by atoms with van der Waals surface area (Å²) in [5, 5.41) is 0. The van der Waals surface area contributed by atoms with E-state index in [1.165, 1.54) is 7.11 Å². The number of hydrogen-bond donors (Lipinski definition) is 1. The Morgan fingerprint density at radius 2 is 1.48 bits per heavy atom. The van der Waals surface area contributed by atoms with Gasteiger partial charge in [0.15, 0.2) is 11.0 Å². The third-order valence-electron chi connectivity index (χ3n) is 2.87. The molecule has 2 aromatic rings. The molecule has 0 aliphatic rings. The van der Waals surface area contributed by atoms with Crippen molar-refractivity contribution < 1.29 is 18.4 Å². The van der Waals surface area contributed by atoms with Crippen LogP contribution in [0.25, 0.3) is 0 Å². The summed E-state index contributed by atoms with van der Waals surface area (Å²) in [5.41, 5.74) is 0.729. The molecule has 0 aliphatic carbocycles. The monoisotopic (exact) mass is 307 g/mol. The van der Waals surface area contributed by atoms with E-state index in [1.54, 1.807) is 56.7 Å². The van der Waals surface area contributed by atoms with Gasteiger partial charge < -0.3 is 18.9 Å². The van der Waals surface area contributed by atoms with E-state index >= 15 is 0 Å². The molecule has 2 aromatic carbocycles. The van der Waals surface area contributed by atoms with Crippen molar-refractivity contribution in [2.75, 3.05) is 26.1 Å². The summed E-state index contributed by atoms with van der Waals surface area (Å²) in [4.78, 5) is 0.550. The van der Waals surface area contributed by atoms with E-state index < -0.39 is 11.0 Å². The molecule has 0 unspecified atom stereocenters. The summed E-state index contributed by atoms with van der Waals surface area (Å²) >= 11 is 0. The maximum absolute atomic E-state index is 12.4. The molecule has 0 amide bonds. The summed E-state index contributed by atoms with van der Waals surface area (Å²) in [7, 11) is 3.27. The number of hydrogen-bond acceptors (Lipinski definition) is 4. The van der Waals surface area contributed by atoms with Crippen LogP contribution in [0.2, 0.25) is 0 Å². The Balaban J connectivity index is 2.19. The molecular formula is C15H17NO4S. The van der Waals surface area contributed by atoms with E-state index in [-0.39, 0.29) is 0 Å². The molecule has 0 spiro atoms. The highest BCUT2D eigenvalue weighted by Gasteiger charge is 2.12. The largest absolute Gasteiger partial charge is 0.497 e. The zero-order chi connectivity index (χ0) is 15.2. The van der Waals surface area contributed by atoms with Gasteiger partial charge in [-0.1, -0.05) is 0 Å². The predicted molar refractivity (Wildman–Crippen MR) is 82.6 cm³/mol. The molecule has 1 N–H and O–H groups in total. The number of ether oxygens (including phenoxy) is 3. The minimum absolute atomic E-state index is 0.508. The Hall–Kier alpha value is -2.21. The maximum Gasteiger partial charge on any atom is 0.154 e. The van der Waals surface area contributed by atoms with E-state index in [4.69, 9.17) is 14.2 Å². The van der Waals surface area contributed by atoms with Crippen LogP contribution in [0.15, 0.2) is 47.4 Å². The topological polar surface area (TPSA) is 56.8 Å². The Morgan fingerprint density at radius 3 is 2.05 bits per heavy atom. The second-order valence-electron chi connectivity index (χ2n) is 4.12. The summed E-state index contributed by atoms with van der Waals surface area (Å²) < 4.78 is 30.8. The molecule has 0 saturated carbocycles. The van der Waals surface area contributed by atoms with Crippen molar-refractivity contribution in [2.24, 2.45) is 0 Å². The third-order valence-corrected chi connectivity index (χ3v) is 4.03. The van der Waals surface area contributed by atoms with Gasteiger partial charge in [0, 0.05) is 11.8 Å². The minimum Gasteiger partial charge on any atom is -0.497 e. The SMILES string of the molecule is COc1ccc(N[S@](=O)c2ccc(OC)cc2OC)cc1. The third kappa shape index (κ3) is 3.66. The molecule has 21 heavy (non-hydrogen) atoms. The molecule has 0 heterocycles. The van der Waals surface area contributed by atoms with Gasteiger partial charge in [-0.2, -0.15) is 0 Å². The van der Waals surface area contributed by atoms with Crippen molar-refractivity contribution in [2.45, 2.75) is 4.90 Å². The average Bonchev–Trinajstić information content (AvgIpc) is 2.54. The molecule has 2 rings (SSSR count). The fraction of sp³-hybridized carbons (Fsp3) is 0.200. The van der Waals surface area contributed by atoms with Crippen LogP contribution in [0.5, 0.6) is 17.2 Å². The van der Waals surface area contributed by atoms with Crippen molar-refractivity contribution in [3.63, 3.8) is 0 Å². The second-order valence-corrected chi connectivity index (χ2v) is 5.30. The fourth-order valence-corrected chi connectivity index (χ4v) is 2.73. The first kappa shape index (κ1) is 15.2. The number of benzene rings is 2. The predicted octanol–water partition coefficient (Wildman–Crippen LogP) is 2.85. The summed E-state index contributed by atoms with van der Waals surface area (Å²) in [6.07, 6.45) is 0. The fourth-order valence-electron chi connectivity index (χ4n) is 1.75. The van der Waals surface area contributed by atoms with Gasteiger partial charge in [0.2, 0.25) is 0 Å². The molecule has 1 atom stereocenters. The zero-order valence-corrected chi connectivity index (χ0v) is 12.9. The lowest BCUT2D eigenvalue weighted by Gasteiger charge is -2.11. The number of rotatable bonds is 6. The van der Waals surface area contributed by atoms with Gasteiger partial charge in [-0.25, -0.2) is 4.21 Å². The Labute approximate surface area is 126 Å². The Morgan fingerprint density at radius 1 is 0.857 bits per heavy atom. The smallest absolute Gasteiger partial charge is 0.154 e. The van der Waals surface area contributed by atoms with Crippen molar-refractivity contribution in [3.05, 3.63) is 42.5 Å². The minimum atomic E-state index is -1.44. The lowest BCUT2D eigenvalue weighted by Crippen LogP contribution is -2.06. The Kier molecular flexibility index (Phi) is 5.05. The van der Waals surface area contributed by atoms with Crippen LogP contribution in [0.3, 0.4) is 0 Å². The average molecular weight is 307 g/mol. The van der Waals surface area contributed by atoms with Crippen LogP contribution >= 0.6 is 0 Å². The molecule has 0 fully saturated rings. The molecule has 6 heteroatoms. The molecule has 0 bridgehead atoms. The highest BCUT2D eigenvalue weighted by atomic mass is 32.2. The molecule has 5 nitrogen and oxygen atoms in total. The normalized spacial score (nSPS) is 11.6. The Bertz CT molecular complexity index is 628. The molecule has 0 saturated heterocycles. The second kappa shape index (κ2) is 6.99. The van der Waals surface area contributed by atoms with E-state index in [0.29, 0.717) is 16.4 Å². The number of nitrogens with one attached hydrogen (secondary N) is 1. The summed E-state index contributed by atoms with van der Waals surface area (Å²) in [6, 6.07) is 12.3. The number of methoxy groups -OCH3 is 3. The van der Waals surface area contributed by atoms with Gasteiger partial charge in [0.1, 0.15) is 22.1 Å². The lowest BCUT2D eigenvalue weighted by atomic mass is 10.3. The van der Waals surface area contributed by atoms with Crippen LogP contribution in [-0.2, 0) is 11.0 Å². The van der Waals surface area contributed by atoms with Crippen LogP contribution in [0, 0.1) is 0 Å². The van der Waals surface area contributed by atoms with Crippen LogP contribution in [0.1, 0.15) is 0 Å². The van der Waals surface area contributed by atoms with Crippen LogP contribution in [-0.4, -0.2) is 25.5 Å². The van der Waals surface area contributed by atoms with Gasteiger partial charge in [-0.05, 0) is 36.4 Å². The zero-order valence-electron chi connectivity index (χ0n) is 12.1. The quantitative estimate of drug-likeness (QED) is 0.891. The molecule has 0 aliphatic heterocycles. The first-order valence-corrected chi connectivity index (χ1v) is 7.37. The standard InChI is InChI=1S/C15H17NO4S/c1-18-12-6-4-11(5-7-12)16-21(17)15-9-8-13(19-2)10-14(15)20-3/h4-10,16H,1-3H3/t21-/m1/s1. The van der Waals surface area contributed by atoms with Gasteiger partial charge in [0.25, 0.3) is 0 Å². The maximum atomic E-state index is 12.4. The summed E-state index contributed by atoms with van der Waals surface area (Å²) in [5.74, 6) is 1.90. The highest BCUT2D eigenvalue weighted by molar-refractivity contribution is 7.86.